The van der Waals surface area contributed by atoms with Crippen molar-refractivity contribution in [3.05, 3.63) is 0 Å². The zero-order chi connectivity index (χ0) is 7.33. The predicted molar refractivity (Wildman–Crippen MR) is 36.2 cm³/mol. The molecule has 0 atom stereocenters. The van der Waals surface area contributed by atoms with Gasteiger partial charge in [0, 0.05) is 23.6 Å². The Balaban J connectivity index is 3.44. The Hall–Kier alpha value is -0.240. The first-order valence-electron chi connectivity index (χ1n) is 2.19. The van der Waals surface area contributed by atoms with Gasteiger partial charge in [-0.1, -0.05) is 0 Å². The fraction of sp³-hybridized carbons (Fsp3) is 0.500. The number of hydrogen-bond acceptors (Lipinski definition) is 2. The fourth-order valence-electron chi connectivity index (χ4n) is 0.245. The van der Waals surface area contributed by atoms with E-state index < -0.39 is 9.24 Å². The first kappa shape index (κ1) is 8.76. The molecule has 0 amide bonds. The van der Waals surface area contributed by atoms with Crippen LogP contribution in [0.25, 0.3) is 0 Å². The normalized spacial score (nSPS) is 10.7. The van der Waals surface area contributed by atoms with Gasteiger partial charge >= 0.3 is 0 Å². The molecule has 1 N–H and O–H groups in total. The third-order valence-electron chi connectivity index (χ3n) is 0.544. The molecule has 0 radical (unpaired) electrons. The van der Waals surface area contributed by atoms with Crippen molar-refractivity contribution in [3.63, 3.8) is 0 Å². The van der Waals surface area contributed by atoms with E-state index in [0.29, 0.717) is 6.42 Å². The lowest BCUT2D eigenvalue weighted by molar-refractivity contribution is 0.597. The summed E-state index contributed by atoms with van der Waals surface area (Å²) < 4.78 is 22.2. The molecule has 3 nitrogen and oxygen atoms in total. The molecule has 0 saturated carbocycles. The van der Waals surface area contributed by atoms with Crippen LogP contribution in [-0.4, -0.2) is 15.0 Å². The first-order chi connectivity index (χ1) is 4.06. The van der Waals surface area contributed by atoms with E-state index in [9.17, 15) is 8.42 Å². The number of hydrogen-bond donors (Lipinski definition) is 1. The second kappa shape index (κ2) is 3.72. The van der Waals surface area contributed by atoms with E-state index in [0.717, 1.165) is 0 Å². The van der Waals surface area contributed by atoms with Crippen molar-refractivity contribution in [3.8, 4) is 12.3 Å². The van der Waals surface area contributed by atoms with Crippen molar-refractivity contribution in [2.45, 2.75) is 6.42 Å². The monoisotopic (exact) mass is 167 g/mol. The summed E-state index contributed by atoms with van der Waals surface area (Å²) in [4.78, 5) is 0. The van der Waals surface area contributed by atoms with Gasteiger partial charge in [0.1, 0.15) is 0 Å². The number of halogens is 1. The number of terminal acetylenes is 1. The number of nitrogens with one attached hydrogen (secondary N) is 1. The molecular weight excluding hydrogens is 162 g/mol. The highest BCUT2D eigenvalue weighted by molar-refractivity contribution is 8.12. The molecule has 0 fully saturated rings. The van der Waals surface area contributed by atoms with Crippen molar-refractivity contribution < 1.29 is 8.42 Å². The molecule has 0 aromatic carbocycles. The van der Waals surface area contributed by atoms with Crippen LogP contribution in [0.1, 0.15) is 6.42 Å². The highest BCUT2D eigenvalue weighted by Crippen LogP contribution is 1.87. The largest absolute Gasteiger partial charge is 0.297 e. The van der Waals surface area contributed by atoms with Crippen molar-refractivity contribution in [1.82, 2.24) is 4.72 Å². The molecule has 5 heteroatoms. The summed E-state index contributed by atoms with van der Waals surface area (Å²) in [6.07, 6.45) is 5.18. The zero-order valence-corrected chi connectivity index (χ0v) is 6.17. The van der Waals surface area contributed by atoms with E-state index in [1.54, 1.807) is 0 Å². The Bertz CT molecular complexity index is 203. The van der Waals surface area contributed by atoms with Gasteiger partial charge in [-0.15, -0.1) is 12.3 Å². The summed E-state index contributed by atoms with van der Waals surface area (Å²) in [7, 11) is 1.19. The van der Waals surface area contributed by atoms with Crippen molar-refractivity contribution in [2.75, 3.05) is 6.54 Å². The van der Waals surface area contributed by atoms with Crippen LogP contribution < -0.4 is 4.72 Å². The maximum atomic E-state index is 10.1. The van der Waals surface area contributed by atoms with Gasteiger partial charge in [-0.05, 0) is 0 Å². The summed E-state index contributed by atoms with van der Waals surface area (Å²) in [6.45, 7) is 0.197. The van der Waals surface area contributed by atoms with E-state index in [-0.39, 0.29) is 6.54 Å². The van der Waals surface area contributed by atoms with Crippen LogP contribution in [0.15, 0.2) is 0 Å². The summed E-state index contributed by atoms with van der Waals surface area (Å²) in [5.41, 5.74) is 0. The summed E-state index contributed by atoms with van der Waals surface area (Å²) in [5, 5.41) is 0. The van der Waals surface area contributed by atoms with E-state index in [1.807, 2.05) is 4.72 Å². The van der Waals surface area contributed by atoms with Gasteiger partial charge in [0.2, 0.25) is 0 Å². The van der Waals surface area contributed by atoms with Crippen LogP contribution in [0.2, 0.25) is 0 Å². The van der Waals surface area contributed by atoms with Gasteiger partial charge in [0.15, 0.2) is 0 Å². The molecule has 0 aromatic rings. The molecule has 0 aliphatic carbocycles. The Kier molecular flexibility index (Phi) is 3.62. The molecule has 0 aliphatic rings. The zero-order valence-electron chi connectivity index (χ0n) is 4.59. The quantitative estimate of drug-likeness (QED) is 0.368. The molecule has 0 saturated heterocycles. The second-order valence-corrected chi connectivity index (χ2v) is 3.67. The summed E-state index contributed by atoms with van der Waals surface area (Å²) >= 11 is 0. The van der Waals surface area contributed by atoms with Gasteiger partial charge in [-0.2, -0.15) is 8.42 Å². The van der Waals surface area contributed by atoms with E-state index in [4.69, 9.17) is 17.1 Å². The highest BCUT2D eigenvalue weighted by atomic mass is 35.7. The molecule has 0 aromatic heterocycles. The van der Waals surface area contributed by atoms with Gasteiger partial charge in [-0.3, -0.25) is 0 Å². The van der Waals surface area contributed by atoms with E-state index in [1.165, 1.54) is 0 Å². The minimum atomic E-state index is -3.57. The molecule has 0 unspecified atom stereocenters. The van der Waals surface area contributed by atoms with Crippen LogP contribution in [0.3, 0.4) is 0 Å². The summed E-state index contributed by atoms with van der Waals surface area (Å²) in [6, 6.07) is 0. The van der Waals surface area contributed by atoms with Gasteiger partial charge in [-0.25, -0.2) is 4.72 Å². The third-order valence-corrected chi connectivity index (χ3v) is 1.42. The molecule has 0 aliphatic heterocycles. The van der Waals surface area contributed by atoms with Gasteiger partial charge in [0.25, 0.3) is 9.24 Å². The van der Waals surface area contributed by atoms with Crippen LogP contribution in [0, 0.1) is 12.3 Å². The fourth-order valence-corrected chi connectivity index (χ4v) is 0.822. The van der Waals surface area contributed by atoms with Crippen molar-refractivity contribution in [2.24, 2.45) is 0 Å². The SMILES string of the molecule is C#CCCNS(=O)(=O)Cl. The molecule has 0 rings (SSSR count). The molecular formula is C4H6ClNO2S. The maximum Gasteiger partial charge on any atom is 0.297 e. The van der Waals surface area contributed by atoms with E-state index >= 15 is 0 Å². The lowest BCUT2D eigenvalue weighted by Gasteiger charge is -1.92. The average Bonchev–Trinajstić information content (AvgIpc) is 1.63. The highest BCUT2D eigenvalue weighted by Gasteiger charge is 1.99. The van der Waals surface area contributed by atoms with E-state index in [2.05, 4.69) is 5.92 Å². The topological polar surface area (TPSA) is 46.2 Å². The molecule has 52 valence electrons. The Morgan fingerprint density at radius 1 is 1.67 bits per heavy atom. The van der Waals surface area contributed by atoms with Crippen molar-refractivity contribution in [1.29, 1.82) is 0 Å². The lowest BCUT2D eigenvalue weighted by Crippen LogP contribution is -2.18. The smallest absolute Gasteiger partial charge is 0.201 e. The minimum absolute atomic E-state index is 0.197. The van der Waals surface area contributed by atoms with Crippen LogP contribution in [0.4, 0.5) is 0 Å². The molecule has 0 spiro atoms. The average molecular weight is 168 g/mol. The van der Waals surface area contributed by atoms with Gasteiger partial charge in [0.05, 0.1) is 0 Å². The van der Waals surface area contributed by atoms with Gasteiger partial charge < -0.3 is 0 Å². The predicted octanol–water partition coefficient (Wildman–Crippen LogP) is 0.0829. The van der Waals surface area contributed by atoms with Crippen molar-refractivity contribution >= 4 is 19.9 Å². The first-order valence-corrected chi connectivity index (χ1v) is 4.50. The Morgan fingerprint density at radius 3 is 2.56 bits per heavy atom. The standard InChI is InChI=1S/C4H6ClNO2S/c1-2-3-4-6-9(5,7)8/h1,6H,3-4H2. The molecule has 0 heterocycles. The third kappa shape index (κ3) is 7.76. The molecule has 0 bridgehead atoms. The summed E-state index contributed by atoms with van der Waals surface area (Å²) in [5.74, 6) is 2.25. The van der Waals surface area contributed by atoms with Crippen LogP contribution >= 0.6 is 10.7 Å². The molecule has 9 heavy (non-hydrogen) atoms. The minimum Gasteiger partial charge on any atom is -0.201 e. The van der Waals surface area contributed by atoms with Crippen LogP contribution in [-0.2, 0) is 9.24 Å². The second-order valence-electron chi connectivity index (χ2n) is 1.29. The Labute approximate surface area is 59.0 Å². The Morgan fingerprint density at radius 2 is 2.22 bits per heavy atom. The van der Waals surface area contributed by atoms with Crippen LogP contribution in [0.5, 0.6) is 0 Å². The number of rotatable bonds is 3. The lowest BCUT2D eigenvalue weighted by atomic mass is 10.5. The maximum absolute atomic E-state index is 10.1.